The quantitative estimate of drug-likeness (QED) is 0.589. The van der Waals surface area contributed by atoms with Crippen LogP contribution < -0.4 is 10.1 Å². The van der Waals surface area contributed by atoms with E-state index in [9.17, 15) is 9.90 Å². The molecule has 0 saturated carbocycles. The number of hydrogen-bond acceptors (Lipinski definition) is 5. The molecule has 1 aromatic heterocycles. The maximum absolute atomic E-state index is 13.3. The average molecular weight is 462 g/mol. The lowest BCUT2D eigenvalue weighted by Crippen LogP contribution is -2.48. The van der Waals surface area contributed by atoms with Crippen molar-refractivity contribution in [1.29, 1.82) is 0 Å². The van der Waals surface area contributed by atoms with E-state index >= 15 is 0 Å². The fourth-order valence-electron chi connectivity index (χ4n) is 5.14. The molecule has 1 saturated heterocycles. The summed E-state index contributed by atoms with van der Waals surface area (Å²) >= 11 is 0. The van der Waals surface area contributed by atoms with E-state index in [1.165, 1.54) is 16.7 Å². The lowest BCUT2D eigenvalue weighted by Gasteiger charge is -2.29. The predicted molar refractivity (Wildman–Crippen MR) is 129 cm³/mol. The van der Waals surface area contributed by atoms with Gasteiger partial charge in [-0.3, -0.25) is 9.48 Å². The second-order valence-electron chi connectivity index (χ2n) is 9.21. The van der Waals surface area contributed by atoms with Crippen molar-refractivity contribution in [3.8, 4) is 16.9 Å². The molecule has 5 rings (SSSR count). The number of amides is 1. The second-order valence-corrected chi connectivity index (χ2v) is 9.21. The Balaban J connectivity index is 1.43. The molecule has 0 unspecified atom stereocenters. The Labute approximate surface area is 199 Å². The number of benzene rings is 2. The number of rotatable bonds is 6. The molecule has 34 heavy (non-hydrogen) atoms. The molecule has 1 fully saturated rings. The monoisotopic (exact) mass is 461 g/mol. The van der Waals surface area contributed by atoms with Gasteiger partial charge in [0.1, 0.15) is 5.75 Å². The fourth-order valence-corrected chi connectivity index (χ4v) is 5.14. The van der Waals surface area contributed by atoms with Gasteiger partial charge in [-0.2, -0.15) is 5.10 Å². The van der Waals surface area contributed by atoms with Crippen molar-refractivity contribution in [1.82, 2.24) is 15.1 Å². The number of methoxy groups -OCH3 is 1. The van der Waals surface area contributed by atoms with Gasteiger partial charge in [0.05, 0.1) is 37.6 Å². The van der Waals surface area contributed by atoms with Crippen LogP contribution in [-0.2, 0) is 31.0 Å². The van der Waals surface area contributed by atoms with Gasteiger partial charge >= 0.3 is 0 Å². The van der Waals surface area contributed by atoms with Crippen LogP contribution >= 0.6 is 0 Å². The zero-order valence-electron chi connectivity index (χ0n) is 19.7. The minimum Gasteiger partial charge on any atom is -0.496 e. The van der Waals surface area contributed by atoms with Gasteiger partial charge in [-0.05, 0) is 66.0 Å². The maximum Gasteiger partial charge on any atom is 0.255 e. The Morgan fingerprint density at radius 2 is 2.03 bits per heavy atom. The number of aryl methyl sites for hydroxylation is 1. The molecule has 1 aliphatic carbocycles. The molecule has 2 atom stereocenters. The molecule has 2 aromatic carbocycles. The van der Waals surface area contributed by atoms with Crippen LogP contribution in [0.1, 0.15) is 45.5 Å². The minimum atomic E-state index is -0.698. The van der Waals surface area contributed by atoms with E-state index in [1.54, 1.807) is 11.8 Å². The third kappa shape index (κ3) is 4.45. The maximum atomic E-state index is 13.3. The minimum absolute atomic E-state index is 0.203. The summed E-state index contributed by atoms with van der Waals surface area (Å²) in [6.45, 7) is 0.774. The summed E-state index contributed by atoms with van der Waals surface area (Å²) in [7, 11) is 3.55. The Hall–Kier alpha value is -3.16. The van der Waals surface area contributed by atoms with E-state index in [0.29, 0.717) is 24.3 Å². The summed E-state index contributed by atoms with van der Waals surface area (Å²) in [5.74, 6) is 0.466. The van der Waals surface area contributed by atoms with E-state index in [-0.39, 0.29) is 18.6 Å². The van der Waals surface area contributed by atoms with Crippen molar-refractivity contribution in [2.75, 3.05) is 20.3 Å². The van der Waals surface area contributed by atoms with E-state index in [4.69, 9.17) is 9.47 Å². The lowest BCUT2D eigenvalue weighted by molar-refractivity contribution is -0.0261. The molecule has 1 amide bonds. The van der Waals surface area contributed by atoms with Gasteiger partial charge in [0, 0.05) is 25.4 Å². The van der Waals surface area contributed by atoms with E-state index in [1.807, 2.05) is 25.5 Å². The van der Waals surface area contributed by atoms with Gasteiger partial charge in [-0.1, -0.05) is 24.3 Å². The average Bonchev–Trinajstić information content (AvgIpc) is 3.50. The molecule has 0 bridgehead atoms. The molecule has 2 heterocycles. The molecule has 1 aliphatic heterocycles. The molecule has 7 heteroatoms. The smallest absolute Gasteiger partial charge is 0.255 e. The number of carbonyl (C=O) groups is 1. The van der Waals surface area contributed by atoms with E-state index in [2.05, 4.69) is 34.7 Å². The molecular weight excluding hydrogens is 430 g/mol. The normalized spacial score (nSPS) is 19.6. The molecule has 0 radical (unpaired) electrons. The molecule has 2 N–H and O–H groups in total. The van der Waals surface area contributed by atoms with Crippen LogP contribution in [0.2, 0.25) is 0 Å². The standard InChI is InChI=1S/C27H31N3O4/c1-30-15-20(14-28-30)18-8-6-17(7-9-18)12-19-13-23(26(33-2)22-5-3-4-21(19)22)27(32)29-24-10-11-34-16-25(24)31/h6-9,13-15,24-25,31H,3-5,10-12,16H2,1-2H3,(H,29,32)/t24-,25-/m0/s1. The Morgan fingerprint density at radius 1 is 1.24 bits per heavy atom. The zero-order chi connectivity index (χ0) is 23.7. The van der Waals surface area contributed by atoms with E-state index in [0.717, 1.165) is 42.4 Å². The SMILES string of the molecule is COc1c(C(=O)N[C@H]2CCOC[C@@H]2O)cc(Cc2ccc(-c3cnn(C)c3)cc2)c2c1CCC2. The first-order valence-corrected chi connectivity index (χ1v) is 11.9. The first kappa shape index (κ1) is 22.6. The molecule has 0 spiro atoms. The largest absolute Gasteiger partial charge is 0.496 e. The van der Waals surface area contributed by atoms with Crippen LogP contribution in [0.5, 0.6) is 5.75 Å². The van der Waals surface area contributed by atoms with Crippen molar-refractivity contribution in [3.63, 3.8) is 0 Å². The summed E-state index contributed by atoms with van der Waals surface area (Å²) < 4.78 is 12.8. The topological polar surface area (TPSA) is 85.6 Å². The number of nitrogens with zero attached hydrogens (tertiary/aromatic N) is 2. The Morgan fingerprint density at radius 3 is 2.74 bits per heavy atom. The highest BCUT2D eigenvalue weighted by Crippen LogP contribution is 2.37. The number of aromatic nitrogens is 2. The summed E-state index contributed by atoms with van der Waals surface area (Å²) in [4.78, 5) is 13.3. The number of hydrogen-bond donors (Lipinski definition) is 2. The van der Waals surface area contributed by atoms with Crippen LogP contribution in [0.3, 0.4) is 0 Å². The van der Waals surface area contributed by atoms with E-state index < -0.39 is 6.10 Å². The zero-order valence-corrected chi connectivity index (χ0v) is 19.7. The van der Waals surface area contributed by atoms with Gasteiger partial charge in [-0.25, -0.2) is 0 Å². The number of fused-ring (bicyclic) bond motifs is 1. The molecule has 2 aliphatic rings. The van der Waals surface area contributed by atoms with Gasteiger partial charge in [-0.15, -0.1) is 0 Å². The van der Waals surface area contributed by atoms with Crippen LogP contribution in [0, 0.1) is 0 Å². The van der Waals surface area contributed by atoms with Gasteiger partial charge in [0.15, 0.2) is 0 Å². The molecule has 7 nitrogen and oxygen atoms in total. The number of ether oxygens (including phenoxy) is 2. The van der Waals surface area contributed by atoms with Crippen LogP contribution in [0.25, 0.3) is 11.1 Å². The van der Waals surface area contributed by atoms with Crippen LogP contribution in [-0.4, -0.2) is 53.3 Å². The Kier molecular flexibility index (Phi) is 6.39. The van der Waals surface area contributed by atoms with Gasteiger partial charge in [0.25, 0.3) is 5.91 Å². The predicted octanol–water partition coefficient (Wildman–Crippen LogP) is 3.05. The van der Waals surface area contributed by atoms with Crippen molar-refractivity contribution >= 4 is 5.91 Å². The fraction of sp³-hybridized carbons (Fsp3) is 0.407. The number of nitrogens with one attached hydrogen (secondary N) is 1. The third-order valence-corrected chi connectivity index (χ3v) is 6.92. The summed E-state index contributed by atoms with van der Waals surface area (Å²) in [5.41, 5.74) is 7.57. The van der Waals surface area contributed by atoms with Crippen LogP contribution in [0.15, 0.2) is 42.7 Å². The first-order valence-electron chi connectivity index (χ1n) is 11.9. The number of aliphatic hydroxyl groups excluding tert-OH is 1. The van der Waals surface area contributed by atoms with Gasteiger partial charge in [0.2, 0.25) is 0 Å². The first-order chi connectivity index (χ1) is 16.5. The molecular formula is C27H31N3O4. The number of aliphatic hydroxyl groups is 1. The van der Waals surface area contributed by atoms with Crippen molar-refractivity contribution in [2.24, 2.45) is 7.05 Å². The highest BCUT2D eigenvalue weighted by atomic mass is 16.5. The van der Waals surface area contributed by atoms with Crippen molar-refractivity contribution in [2.45, 2.75) is 44.2 Å². The lowest BCUT2D eigenvalue weighted by atomic mass is 9.92. The number of carbonyl (C=O) groups excluding carboxylic acids is 1. The van der Waals surface area contributed by atoms with Crippen molar-refractivity contribution < 1.29 is 19.4 Å². The highest BCUT2D eigenvalue weighted by Gasteiger charge is 2.29. The molecule has 3 aromatic rings. The third-order valence-electron chi connectivity index (χ3n) is 6.92. The Bertz CT molecular complexity index is 1190. The summed E-state index contributed by atoms with van der Waals surface area (Å²) in [6, 6.07) is 10.2. The highest BCUT2D eigenvalue weighted by molar-refractivity contribution is 5.98. The molecule has 178 valence electrons. The summed E-state index contributed by atoms with van der Waals surface area (Å²) in [6.07, 6.45) is 7.48. The van der Waals surface area contributed by atoms with Crippen molar-refractivity contribution in [3.05, 3.63) is 70.5 Å². The van der Waals surface area contributed by atoms with Gasteiger partial charge < -0.3 is 19.9 Å². The van der Waals surface area contributed by atoms with Crippen LogP contribution in [0.4, 0.5) is 0 Å². The summed E-state index contributed by atoms with van der Waals surface area (Å²) in [5, 5.41) is 17.5. The second kappa shape index (κ2) is 9.60.